The zero-order valence-corrected chi connectivity index (χ0v) is 9.66. The molecule has 0 amide bonds. The molecule has 0 fully saturated rings. The van der Waals surface area contributed by atoms with Gasteiger partial charge in [-0.15, -0.1) is 0 Å². The van der Waals surface area contributed by atoms with Crippen molar-refractivity contribution in [2.24, 2.45) is 5.73 Å². The van der Waals surface area contributed by atoms with Gasteiger partial charge in [0.15, 0.2) is 23.3 Å². The lowest BCUT2D eigenvalue weighted by molar-refractivity contribution is 0.141. The Morgan fingerprint density at radius 1 is 1.06 bits per heavy atom. The molecular weight excluding hydrogens is 294 g/mol. The van der Waals surface area contributed by atoms with E-state index >= 15 is 0 Å². The summed E-state index contributed by atoms with van der Waals surface area (Å²) in [5.74, 6) is -6.52. The van der Waals surface area contributed by atoms with E-state index in [1.54, 1.807) is 0 Å². The summed E-state index contributed by atoms with van der Waals surface area (Å²) in [5.41, 5.74) is 4.10. The minimum atomic E-state index is -1.82. The maximum Gasteiger partial charge on any atom is 0.176 e. The van der Waals surface area contributed by atoms with Gasteiger partial charge in [0.2, 0.25) is 0 Å². The van der Waals surface area contributed by atoms with Gasteiger partial charge >= 0.3 is 0 Å². The van der Waals surface area contributed by atoms with Crippen molar-refractivity contribution in [1.29, 1.82) is 0 Å². The fourth-order valence-electron chi connectivity index (χ4n) is 1.14. The predicted molar refractivity (Wildman–Crippen MR) is 52.6 cm³/mol. The van der Waals surface area contributed by atoms with Gasteiger partial charge in [-0.05, 0) is 22.9 Å². The van der Waals surface area contributed by atoms with Crippen molar-refractivity contribution in [3.05, 3.63) is 33.3 Å². The van der Waals surface area contributed by atoms with Gasteiger partial charge in [-0.25, -0.2) is 17.6 Å². The molecule has 0 aromatic heterocycles. The Morgan fingerprint density at radius 3 is 1.75 bits per heavy atom. The lowest BCUT2D eigenvalue weighted by Gasteiger charge is -2.17. The first-order chi connectivity index (χ1) is 7.29. The van der Waals surface area contributed by atoms with Crippen molar-refractivity contribution < 1.29 is 22.7 Å². The molecule has 2 atom stereocenters. The summed E-state index contributed by atoms with van der Waals surface area (Å²) in [6.07, 6.45) is -1.82. The number of aliphatic hydroxyl groups excluding tert-OH is 1. The number of rotatable bonds is 2. The minimum absolute atomic E-state index is 0.955. The lowest BCUT2D eigenvalue weighted by Crippen LogP contribution is -2.27. The van der Waals surface area contributed by atoms with Gasteiger partial charge < -0.3 is 10.8 Å². The first kappa shape index (κ1) is 13.4. The Labute approximate surface area is 97.2 Å². The van der Waals surface area contributed by atoms with Gasteiger partial charge in [0, 0.05) is 6.04 Å². The van der Waals surface area contributed by atoms with Gasteiger partial charge in [0.05, 0.1) is 16.1 Å². The molecule has 16 heavy (non-hydrogen) atoms. The summed E-state index contributed by atoms with van der Waals surface area (Å²) in [6.45, 7) is 1.25. The zero-order valence-electron chi connectivity index (χ0n) is 8.07. The Balaban J connectivity index is 3.51. The molecule has 0 aliphatic carbocycles. The number of hydrogen-bond donors (Lipinski definition) is 2. The SMILES string of the molecule is C[C@@H](N)[C@@H](O)c1c(F)c(F)c(Br)c(F)c1F. The maximum absolute atomic E-state index is 13.3. The molecule has 3 N–H and O–H groups in total. The number of halogens is 5. The average molecular weight is 302 g/mol. The van der Waals surface area contributed by atoms with Crippen LogP contribution in [0, 0.1) is 23.3 Å². The third kappa shape index (κ3) is 2.07. The monoisotopic (exact) mass is 301 g/mol. The third-order valence-corrected chi connectivity index (χ3v) is 2.73. The summed E-state index contributed by atoms with van der Waals surface area (Å²) < 4.78 is 51.8. The summed E-state index contributed by atoms with van der Waals surface area (Å²) in [5, 5.41) is 9.35. The second-order valence-electron chi connectivity index (χ2n) is 3.29. The molecule has 0 aliphatic heterocycles. The van der Waals surface area contributed by atoms with E-state index in [-0.39, 0.29) is 0 Å². The molecular formula is C9H8BrF4NO. The van der Waals surface area contributed by atoms with E-state index < -0.39 is 45.5 Å². The molecule has 1 aromatic carbocycles. The average Bonchev–Trinajstić information content (AvgIpc) is 2.23. The fraction of sp³-hybridized carbons (Fsp3) is 0.333. The lowest BCUT2D eigenvalue weighted by atomic mass is 10.0. The molecule has 0 heterocycles. The Morgan fingerprint density at radius 2 is 1.44 bits per heavy atom. The first-order valence-corrected chi connectivity index (χ1v) is 5.03. The third-order valence-electron chi connectivity index (χ3n) is 2.04. The molecule has 7 heteroatoms. The molecule has 1 rings (SSSR count). The molecule has 0 spiro atoms. The van der Waals surface area contributed by atoms with E-state index in [4.69, 9.17) is 5.73 Å². The molecule has 0 radical (unpaired) electrons. The van der Waals surface area contributed by atoms with Crippen LogP contribution >= 0.6 is 15.9 Å². The van der Waals surface area contributed by atoms with E-state index in [9.17, 15) is 22.7 Å². The second kappa shape index (κ2) is 4.68. The van der Waals surface area contributed by atoms with Gasteiger partial charge in [-0.3, -0.25) is 0 Å². The molecule has 2 nitrogen and oxygen atoms in total. The molecule has 0 aliphatic rings. The highest BCUT2D eigenvalue weighted by Gasteiger charge is 2.29. The van der Waals surface area contributed by atoms with Crippen LogP contribution in [0.4, 0.5) is 17.6 Å². The molecule has 1 aromatic rings. The van der Waals surface area contributed by atoms with E-state index in [0.717, 1.165) is 0 Å². The topological polar surface area (TPSA) is 46.2 Å². The molecule has 0 bridgehead atoms. The van der Waals surface area contributed by atoms with Crippen LogP contribution in [0.15, 0.2) is 4.47 Å². The van der Waals surface area contributed by atoms with Crippen LogP contribution in [0.5, 0.6) is 0 Å². The Kier molecular flexibility index (Phi) is 3.92. The van der Waals surface area contributed by atoms with E-state index in [0.29, 0.717) is 0 Å². The van der Waals surface area contributed by atoms with Gasteiger partial charge in [-0.2, -0.15) is 0 Å². The summed E-state index contributed by atoms with van der Waals surface area (Å²) in [6, 6.07) is -1.07. The Hall–Kier alpha value is -0.660. The first-order valence-electron chi connectivity index (χ1n) is 4.24. The van der Waals surface area contributed by atoms with Crippen LogP contribution in [-0.4, -0.2) is 11.1 Å². The van der Waals surface area contributed by atoms with E-state index in [1.165, 1.54) is 6.92 Å². The van der Waals surface area contributed by atoms with E-state index in [2.05, 4.69) is 15.9 Å². The predicted octanol–water partition coefficient (Wildman–Crippen LogP) is 2.39. The normalized spacial score (nSPS) is 15.0. The van der Waals surface area contributed by atoms with Crippen molar-refractivity contribution in [3.63, 3.8) is 0 Å². The van der Waals surface area contributed by atoms with Crippen LogP contribution in [0.2, 0.25) is 0 Å². The number of benzene rings is 1. The molecule has 0 unspecified atom stereocenters. The van der Waals surface area contributed by atoms with Crippen molar-refractivity contribution in [3.8, 4) is 0 Å². The summed E-state index contributed by atoms with van der Waals surface area (Å²) >= 11 is 2.36. The molecule has 90 valence electrons. The van der Waals surface area contributed by atoms with Crippen molar-refractivity contribution >= 4 is 15.9 Å². The summed E-state index contributed by atoms with van der Waals surface area (Å²) in [7, 11) is 0. The van der Waals surface area contributed by atoms with Crippen molar-refractivity contribution in [2.45, 2.75) is 19.1 Å². The van der Waals surface area contributed by atoms with Crippen LogP contribution in [-0.2, 0) is 0 Å². The molecule has 0 saturated carbocycles. The number of aliphatic hydroxyl groups is 1. The van der Waals surface area contributed by atoms with Crippen molar-refractivity contribution in [1.82, 2.24) is 0 Å². The van der Waals surface area contributed by atoms with Crippen LogP contribution in [0.3, 0.4) is 0 Å². The Bertz CT molecular complexity index is 395. The highest BCUT2D eigenvalue weighted by molar-refractivity contribution is 9.10. The van der Waals surface area contributed by atoms with Gasteiger partial charge in [-0.1, -0.05) is 0 Å². The van der Waals surface area contributed by atoms with Crippen LogP contribution in [0.1, 0.15) is 18.6 Å². The maximum atomic E-state index is 13.3. The number of nitrogens with two attached hydrogens (primary N) is 1. The standard InChI is InChI=1S/C9H8BrF4NO/c1-2(15)9(16)3-5(11)7(13)4(10)8(14)6(3)12/h2,9,16H,15H2,1H3/t2-,9-/m1/s1. The van der Waals surface area contributed by atoms with Crippen LogP contribution in [0.25, 0.3) is 0 Å². The zero-order chi connectivity index (χ0) is 12.6. The van der Waals surface area contributed by atoms with Crippen molar-refractivity contribution in [2.75, 3.05) is 0 Å². The molecule has 0 saturated heterocycles. The van der Waals surface area contributed by atoms with Gasteiger partial charge in [0.25, 0.3) is 0 Å². The van der Waals surface area contributed by atoms with Crippen LogP contribution < -0.4 is 5.73 Å². The fourth-order valence-corrected chi connectivity index (χ4v) is 1.49. The second-order valence-corrected chi connectivity index (χ2v) is 4.08. The highest BCUT2D eigenvalue weighted by Crippen LogP contribution is 2.32. The highest BCUT2D eigenvalue weighted by atomic mass is 79.9. The quantitative estimate of drug-likeness (QED) is 0.500. The largest absolute Gasteiger partial charge is 0.387 e. The van der Waals surface area contributed by atoms with E-state index in [1.807, 2.05) is 0 Å². The van der Waals surface area contributed by atoms with Gasteiger partial charge in [0.1, 0.15) is 0 Å². The smallest absolute Gasteiger partial charge is 0.176 e. The number of hydrogen-bond acceptors (Lipinski definition) is 2. The minimum Gasteiger partial charge on any atom is -0.387 e. The summed E-state index contributed by atoms with van der Waals surface area (Å²) in [4.78, 5) is 0.